The lowest BCUT2D eigenvalue weighted by Crippen LogP contribution is -2.18. The van der Waals surface area contributed by atoms with Crippen molar-refractivity contribution in [2.45, 2.75) is 20.3 Å². The lowest BCUT2D eigenvalue weighted by Gasteiger charge is -2.18. The molecular weight excluding hydrogens is 204 g/mol. The highest BCUT2D eigenvalue weighted by atomic mass is 32.2. The third kappa shape index (κ3) is 2.43. The van der Waals surface area contributed by atoms with Gasteiger partial charge in [0.2, 0.25) is 0 Å². The van der Waals surface area contributed by atoms with Crippen molar-refractivity contribution in [1.29, 1.82) is 0 Å². The molecule has 1 heterocycles. The summed E-state index contributed by atoms with van der Waals surface area (Å²) in [6.45, 7) is 4.36. The van der Waals surface area contributed by atoms with Crippen LogP contribution in [0.2, 0.25) is 0 Å². The molecule has 82 valence electrons. The van der Waals surface area contributed by atoms with Gasteiger partial charge in [-0.1, -0.05) is 38.2 Å². The van der Waals surface area contributed by atoms with Crippen LogP contribution in [0, 0.1) is 5.41 Å². The Morgan fingerprint density at radius 2 is 1.87 bits per heavy atom. The molecule has 0 aromatic rings. The van der Waals surface area contributed by atoms with Crippen molar-refractivity contribution in [2.75, 3.05) is 11.5 Å². The van der Waals surface area contributed by atoms with Crippen molar-refractivity contribution in [3.63, 3.8) is 0 Å². The van der Waals surface area contributed by atoms with Gasteiger partial charge in [-0.2, -0.15) is 0 Å². The van der Waals surface area contributed by atoms with Crippen molar-refractivity contribution in [1.82, 2.24) is 0 Å². The van der Waals surface area contributed by atoms with E-state index in [0.29, 0.717) is 5.75 Å². The molecular formula is C13H18OS. The van der Waals surface area contributed by atoms with E-state index in [0.717, 1.165) is 12.2 Å². The topological polar surface area (TPSA) is 17.1 Å². The average molecular weight is 222 g/mol. The van der Waals surface area contributed by atoms with E-state index in [1.54, 1.807) is 0 Å². The van der Waals surface area contributed by atoms with Crippen molar-refractivity contribution in [3.8, 4) is 0 Å². The summed E-state index contributed by atoms with van der Waals surface area (Å²) in [6.07, 6.45) is 9.66. The Balaban J connectivity index is 2.40. The van der Waals surface area contributed by atoms with E-state index < -0.39 is 9.52 Å². The van der Waals surface area contributed by atoms with Gasteiger partial charge in [-0.3, -0.25) is 4.21 Å². The van der Waals surface area contributed by atoms with Gasteiger partial charge in [-0.15, -0.1) is 0 Å². The number of hydrogen-bond acceptors (Lipinski definition) is 1. The molecule has 0 amide bonds. The van der Waals surface area contributed by atoms with Crippen LogP contribution in [0.1, 0.15) is 20.3 Å². The van der Waals surface area contributed by atoms with E-state index in [1.165, 1.54) is 11.1 Å². The second-order valence-electron chi connectivity index (χ2n) is 5.10. The fourth-order valence-electron chi connectivity index (χ4n) is 1.94. The highest BCUT2D eigenvalue weighted by Gasteiger charge is 2.20. The smallest absolute Gasteiger partial charge is 0.0412 e. The van der Waals surface area contributed by atoms with E-state index in [9.17, 15) is 4.21 Å². The highest BCUT2D eigenvalue weighted by Crippen LogP contribution is 2.29. The van der Waals surface area contributed by atoms with Crippen LogP contribution in [0.3, 0.4) is 0 Å². The summed E-state index contributed by atoms with van der Waals surface area (Å²) in [4.78, 5) is 0. The zero-order valence-corrected chi connectivity index (χ0v) is 10.3. The molecule has 1 unspecified atom stereocenters. The largest absolute Gasteiger partial charge is 0.268 e. The van der Waals surface area contributed by atoms with Crippen LogP contribution in [-0.2, 0) is 9.52 Å². The first-order valence-electron chi connectivity index (χ1n) is 5.31. The van der Waals surface area contributed by atoms with Crippen molar-refractivity contribution in [3.05, 3.63) is 35.5 Å². The van der Waals surface area contributed by atoms with Crippen molar-refractivity contribution < 1.29 is 4.21 Å². The molecule has 0 spiro atoms. The summed E-state index contributed by atoms with van der Waals surface area (Å²) in [5.41, 5.74) is 2.68. The van der Waals surface area contributed by atoms with Gasteiger partial charge in [-0.05, 0) is 33.0 Å². The van der Waals surface area contributed by atoms with Crippen molar-refractivity contribution >= 4 is 15.4 Å². The van der Waals surface area contributed by atoms with Crippen LogP contribution in [0.15, 0.2) is 35.5 Å². The number of hydrogen-bond donors (Lipinski definition) is 0. The molecule has 2 rings (SSSR count). The minimum atomic E-state index is -1.85. The van der Waals surface area contributed by atoms with Gasteiger partial charge in [-0.25, -0.2) is 0 Å². The highest BCUT2D eigenvalue weighted by molar-refractivity contribution is 8.00. The molecule has 0 saturated carbocycles. The van der Waals surface area contributed by atoms with E-state index in [-0.39, 0.29) is 5.41 Å². The fourth-order valence-corrected chi connectivity index (χ4v) is 3.52. The van der Waals surface area contributed by atoms with Gasteiger partial charge in [0.25, 0.3) is 0 Å². The Labute approximate surface area is 92.6 Å². The fraction of sp³-hybridized carbons (Fsp3) is 0.462. The van der Waals surface area contributed by atoms with Crippen LogP contribution < -0.4 is 0 Å². The lowest BCUT2D eigenvalue weighted by molar-refractivity contribution is 0.626. The monoisotopic (exact) mass is 222 g/mol. The predicted octanol–water partition coefficient (Wildman–Crippen LogP) is 2.56. The van der Waals surface area contributed by atoms with E-state index in [1.807, 2.05) is 0 Å². The second kappa shape index (κ2) is 3.38. The Bertz CT molecular complexity index is 459. The van der Waals surface area contributed by atoms with Gasteiger partial charge >= 0.3 is 0 Å². The molecule has 1 aliphatic carbocycles. The van der Waals surface area contributed by atoms with E-state index in [2.05, 4.69) is 44.0 Å². The van der Waals surface area contributed by atoms with Gasteiger partial charge in [0.1, 0.15) is 0 Å². The van der Waals surface area contributed by atoms with Gasteiger partial charge < -0.3 is 0 Å². The third-order valence-electron chi connectivity index (χ3n) is 3.00. The second-order valence-corrected chi connectivity index (χ2v) is 7.73. The SMILES string of the molecule is C=S1(=O)CCC2=C(C=CC(C)(C)C=C2)C1. The standard InChI is InChI=1S/C13H18OS/c1-13(2)7-4-11-6-9-15(3,14)10-12(11)5-8-13/h4-5,7-8H,3,6,9-10H2,1-2H3. The Morgan fingerprint density at radius 1 is 1.27 bits per heavy atom. The lowest BCUT2D eigenvalue weighted by atomic mass is 9.93. The molecule has 0 radical (unpaired) electrons. The van der Waals surface area contributed by atoms with Crippen LogP contribution in [0.4, 0.5) is 0 Å². The van der Waals surface area contributed by atoms with E-state index >= 15 is 0 Å². The van der Waals surface area contributed by atoms with Crippen LogP contribution >= 0.6 is 0 Å². The molecule has 1 aliphatic heterocycles. The quantitative estimate of drug-likeness (QED) is 0.576. The first-order valence-corrected chi connectivity index (χ1v) is 7.38. The average Bonchev–Trinajstić information content (AvgIpc) is 2.25. The molecule has 0 fully saturated rings. The van der Waals surface area contributed by atoms with Gasteiger partial charge in [0, 0.05) is 16.9 Å². The van der Waals surface area contributed by atoms with Gasteiger partial charge in [0.15, 0.2) is 0 Å². The zero-order valence-electron chi connectivity index (χ0n) is 9.45. The Hall–Kier alpha value is -0.760. The summed E-state index contributed by atoms with van der Waals surface area (Å²) in [5.74, 6) is 5.22. The maximum Gasteiger partial charge on any atom is 0.0412 e. The third-order valence-corrected chi connectivity index (χ3v) is 4.79. The molecule has 0 bridgehead atoms. The summed E-state index contributed by atoms with van der Waals surface area (Å²) < 4.78 is 11.9. The number of rotatable bonds is 0. The summed E-state index contributed by atoms with van der Waals surface area (Å²) in [7, 11) is -1.85. The van der Waals surface area contributed by atoms with Crippen LogP contribution in [0.25, 0.3) is 0 Å². The Morgan fingerprint density at radius 3 is 2.53 bits per heavy atom. The zero-order chi connectivity index (χ0) is 11.1. The maximum absolute atomic E-state index is 11.9. The Kier molecular flexibility index (Phi) is 2.42. The molecule has 15 heavy (non-hydrogen) atoms. The predicted molar refractivity (Wildman–Crippen MR) is 68.7 cm³/mol. The van der Waals surface area contributed by atoms with Crippen LogP contribution in [0.5, 0.6) is 0 Å². The molecule has 0 N–H and O–H groups in total. The molecule has 1 atom stereocenters. The molecule has 2 heteroatoms. The van der Waals surface area contributed by atoms with Crippen LogP contribution in [-0.4, -0.2) is 21.6 Å². The van der Waals surface area contributed by atoms with Gasteiger partial charge in [0.05, 0.1) is 0 Å². The molecule has 0 saturated heterocycles. The molecule has 2 aliphatic rings. The first kappa shape index (κ1) is 10.7. The van der Waals surface area contributed by atoms with E-state index in [4.69, 9.17) is 0 Å². The summed E-state index contributed by atoms with van der Waals surface area (Å²) in [6, 6.07) is 0. The normalized spacial score (nSPS) is 33.7. The minimum absolute atomic E-state index is 0.111. The number of allylic oxidation sites excluding steroid dienone is 5. The summed E-state index contributed by atoms with van der Waals surface area (Å²) >= 11 is 0. The molecule has 0 aromatic heterocycles. The summed E-state index contributed by atoms with van der Waals surface area (Å²) in [5, 5.41) is 0. The maximum atomic E-state index is 11.9. The van der Waals surface area contributed by atoms with Crippen molar-refractivity contribution in [2.24, 2.45) is 5.41 Å². The minimum Gasteiger partial charge on any atom is -0.268 e. The molecule has 0 aromatic carbocycles. The molecule has 1 nitrogen and oxygen atoms in total. The first-order chi connectivity index (χ1) is 6.88.